The van der Waals surface area contributed by atoms with E-state index in [4.69, 9.17) is 20.9 Å². The molecule has 138 valence electrons. The van der Waals surface area contributed by atoms with Crippen molar-refractivity contribution in [2.45, 2.75) is 43.8 Å². The van der Waals surface area contributed by atoms with Crippen LogP contribution in [-0.2, 0) is 19.3 Å². The summed E-state index contributed by atoms with van der Waals surface area (Å²) in [5, 5.41) is 0.372. The third-order valence-electron chi connectivity index (χ3n) is 4.81. The molecular formula is C18H21BClNO4S. The van der Waals surface area contributed by atoms with E-state index in [0.717, 1.165) is 0 Å². The highest BCUT2D eigenvalue weighted by Gasteiger charge is 2.52. The van der Waals surface area contributed by atoms with Crippen LogP contribution in [-0.4, -0.2) is 26.7 Å². The Morgan fingerprint density at radius 2 is 1.54 bits per heavy atom. The van der Waals surface area contributed by atoms with Crippen molar-refractivity contribution in [3.63, 3.8) is 0 Å². The first-order valence-corrected chi connectivity index (χ1v) is 10.1. The first-order valence-electron chi connectivity index (χ1n) is 8.25. The summed E-state index contributed by atoms with van der Waals surface area (Å²) in [6.07, 6.45) is 0. The predicted octanol–water partition coefficient (Wildman–Crippen LogP) is 3.44. The minimum atomic E-state index is -3.67. The average Bonchev–Trinajstić information content (AvgIpc) is 2.75. The van der Waals surface area contributed by atoms with Crippen LogP contribution in [0.2, 0.25) is 5.02 Å². The minimum absolute atomic E-state index is 0.186. The van der Waals surface area contributed by atoms with Crippen LogP contribution < -0.4 is 10.2 Å². The fourth-order valence-electron chi connectivity index (χ4n) is 2.57. The lowest BCUT2D eigenvalue weighted by molar-refractivity contribution is 0.00578. The normalized spacial score (nSPS) is 18.7. The zero-order valence-electron chi connectivity index (χ0n) is 15.1. The van der Waals surface area contributed by atoms with Crippen molar-refractivity contribution in [1.82, 2.24) is 0 Å². The molecule has 1 aliphatic heterocycles. The van der Waals surface area contributed by atoms with E-state index >= 15 is 0 Å². The molecule has 1 N–H and O–H groups in total. The number of nitrogens with one attached hydrogen (secondary N) is 1. The Balaban J connectivity index is 1.83. The summed E-state index contributed by atoms with van der Waals surface area (Å²) >= 11 is 6.38. The third-order valence-corrected chi connectivity index (χ3v) is 6.54. The van der Waals surface area contributed by atoms with Crippen molar-refractivity contribution in [2.75, 3.05) is 4.72 Å². The van der Waals surface area contributed by atoms with Crippen LogP contribution in [0.3, 0.4) is 0 Å². The van der Waals surface area contributed by atoms with Gasteiger partial charge in [0.05, 0.1) is 21.8 Å². The maximum Gasteiger partial charge on any atom is 0.496 e. The molecule has 26 heavy (non-hydrogen) atoms. The summed E-state index contributed by atoms with van der Waals surface area (Å²) in [5.74, 6) is 0. The average molecular weight is 394 g/mol. The zero-order chi connectivity index (χ0) is 19.2. The fraction of sp³-hybridized carbons (Fsp3) is 0.333. The van der Waals surface area contributed by atoms with Gasteiger partial charge in [-0.2, -0.15) is 0 Å². The third kappa shape index (κ3) is 3.62. The molecule has 1 aliphatic rings. The maximum absolute atomic E-state index is 12.4. The zero-order valence-corrected chi connectivity index (χ0v) is 16.7. The molecule has 1 fully saturated rings. The molecule has 1 heterocycles. The topological polar surface area (TPSA) is 64.6 Å². The summed E-state index contributed by atoms with van der Waals surface area (Å²) in [6.45, 7) is 7.85. The maximum atomic E-state index is 12.4. The summed E-state index contributed by atoms with van der Waals surface area (Å²) < 4.78 is 39.4. The molecule has 0 unspecified atom stereocenters. The fourth-order valence-corrected chi connectivity index (χ4v) is 3.91. The van der Waals surface area contributed by atoms with Gasteiger partial charge < -0.3 is 9.31 Å². The van der Waals surface area contributed by atoms with Crippen LogP contribution in [0.15, 0.2) is 53.4 Å². The Bertz CT molecular complexity index is 900. The molecule has 0 radical (unpaired) electrons. The van der Waals surface area contributed by atoms with Gasteiger partial charge in [-0.3, -0.25) is 4.72 Å². The number of sulfonamides is 1. The lowest BCUT2D eigenvalue weighted by atomic mass is 9.79. The van der Waals surface area contributed by atoms with Gasteiger partial charge in [-0.05, 0) is 52.0 Å². The van der Waals surface area contributed by atoms with Gasteiger partial charge in [0.1, 0.15) is 0 Å². The number of anilines is 1. The van der Waals surface area contributed by atoms with E-state index in [-0.39, 0.29) is 4.90 Å². The van der Waals surface area contributed by atoms with Gasteiger partial charge in [-0.1, -0.05) is 35.9 Å². The van der Waals surface area contributed by atoms with Gasteiger partial charge in [0.2, 0.25) is 0 Å². The summed E-state index contributed by atoms with van der Waals surface area (Å²) in [7, 11) is -4.27. The van der Waals surface area contributed by atoms with Gasteiger partial charge in [-0.25, -0.2) is 8.42 Å². The Morgan fingerprint density at radius 3 is 2.08 bits per heavy atom. The first kappa shape index (κ1) is 19.2. The largest absolute Gasteiger partial charge is 0.496 e. The van der Waals surface area contributed by atoms with Gasteiger partial charge in [0.15, 0.2) is 0 Å². The van der Waals surface area contributed by atoms with Crippen molar-refractivity contribution >= 4 is 39.9 Å². The molecule has 5 nitrogen and oxygen atoms in total. The van der Waals surface area contributed by atoms with Crippen LogP contribution in [0.5, 0.6) is 0 Å². The summed E-state index contributed by atoms with van der Waals surface area (Å²) in [5.41, 5.74) is 0.0791. The molecule has 2 aromatic carbocycles. The predicted molar refractivity (Wildman–Crippen MR) is 104 cm³/mol. The van der Waals surface area contributed by atoms with Gasteiger partial charge in [0.25, 0.3) is 10.0 Å². The van der Waals surface area contributed by atoms with Crippen LogP contribution in [0.25, 0.3) is 0 Å². The van der Waals surface area contributed by atoms with Crippen LogP contribution in [0.4, 0.5) is 5.69 Å². The SMILES string of the molecule is CC1(C)OB(c2ccc(NS(=O)(=O)c3ccccc3)cc2Cl)OC1(C)C. The molecule has 0 saturated carbocycles. The molecule has 8 heteroatoms. The van der Waals surface area contributed by atoms with Crippen molar-refractivity contribution in [3.05, 3.63) is 53.6 Å². The lowest BCUT2D eigenvalue weighted by Gasteiger charge is -2.32. The van der Waals surface area contributed by atoms with Crippen molar-refractivity contribution in [3.8, 4) is 0 Å². The molecule has 0 aromatic heterocycles. The number of hydrogen-bond acceptors (Lipinski definition) is 4. The Morgan fingerprint density at radius 1 is 0.962 bits per heavy atom. The Labute approximate surface area is 159 Å². The number of benzene rings is 2. The second kappa shape index (κ2) is 6.57. The highest BCUT2D eigenvalue weighted by Crippen LogP contribution is 2.37. The Kier molecular flexibility index (Phi) is 4.86. The molecule has 3 rings (SSSR count). The molecule has 0 bridgehead atoms. The molecule has 0 atom stereocenters. The van der Waals surface area contributed by atoms with E-state index in [1.165, 1.54) is 12.1 Å². The van der Waals surface area contributed by atoms with Gasteiger partial charge in [-0.15, -0.1) is 0 Å². The van der Waals surface area contributed by atoms with Crippen LogP contribution in [0, 0.1) is 0 Å². The molecule has 0 aliphatic carbocycles. The van der Waals surface area contributed by atoms with Gasteiger partial charge in [0, 0.05) is 10.5 Å². The van der Waals surface area contributed by atoms with E-state index in [2.05, 4.69) is 4.72 Å². The van der Waals surface area contributed by atoms with Crippen LogP contribution >= 0.6 is 11.6 Å². The van der Waals surface area contributed by atoms with Crippen LogP contribution in [0.1, 0.15) is 27.7 Å². The standard InChI is InChI=1S/C18H21BClNO4S/c1-17(2)18(3,4)25-19(24-17)15-11-10-13(12-16(15)20)21-26(22,23)14-8-6-5-7-9-14/h5-12,21H,1-4H3. The molecule has 0 spiro atoms. The number of halogens is 1. The Hall–Kier alpha value is -1.54. The summed E-state index contributed by atoms with van der Waals surface area (Å²) in [4.78, 5) is 0.186. The highest BCUT2D eigenvalue weighted by molar-refractivity contribution is 7.92. The van der Waals surface area contributed by atoms with E-state index in [0.29, 0.717) is 16.2 Å². The first-order chi connectivity index (χ1) is 12.0. The minimum Gasteiger partial charge on any atom is -0.399 e. The van der Waals surface area contributed by atoms with Crippen molar-refractivity contribution in [2.24, 2.45) is 0 Å². The smallest absolute Gasteiger partial charge is 0.399 e. The van der Waals surface area contributed by atoms with E-state index < -0.39 is 28.3 Å². The number of rotatable bonds is 4. The number of hydrogen-bond donors (Lipinski definition) is 1. The highest BCUT2D eigenvalue weighted by atomic mass is 35.5. The van der Waals surface area contributed by atoms with Crippen molar-refractivity contribution in [1.29, 1.82) is 0 Å². The van der Waals surface area contributed by atoms with E-state index in [9.17, 15) is 8.42 Å². The van der Waals surface area contributed by atoms with E-state index in [1.54, 1.807) is 36.4 Å². The lowest BCUT2D eigenvalue weighted by Crippen LogP contribution is -2.41. The second-order valence-corrected chi connectivity index (χ2v) is 9.33. The van der Waals surface area contributed by atoms with Crippen molar-refractivity contribution < 1.29 is 17.7 Å². The van der Waals surface area contributed by atoms with Gasteiger partial charge >= 0.3 is 7.12 Å². The second-order valence-electron chi connectivity index (χ2n) is 7.24. The molecule has 2 aromatic rings. The monoisotopic (exact) mass is 393 g/mol. The summed E-state index contributed by atoms with van der Waals surface area (Å²) in [6, 6.07) is 13.1. The molecule has 1 saturated heterocycles. The molecule has 0 amide bonds. The van der Waals surface area contributed by atoms with E-state index in [1.807, 2.05) is 27.7 Å². The molecular weight excluding hydrogens is 373 g/mol. The quantitative estimate of drug-likeness (QED) is 0.808.